The van der Waals surface area contributed by atoms with Gasteiger partial charge in [-0.05, 0) is 49.9 Å². The number of pyridine rings is 1. The fourth-order valence-corrected chi connectivity index (χ4v) is 3.20. The zero-order valence-corrected chi connectivity index (χ0v) is 15.4. The molecule has 1 N–H and O–H groups in total. The fourth-order valence-electron chi connectivity index (χ4n) is 3.20. The van der Waals surface area contributed by atoms with Gasteiger partial charge >= 0.3 is 0 Å². The maximum atomic E-state index is 12.7. The highest BCUT2D eigenvalue weighted by Crippen LogP contribution is 2.18. The van der Waals surface area contributed by atoms with Gasteiger partial charge in [0.05, 0.1) is 11.1 Å². The van der Waals surface area contributed by atoms with E-state index >= 15 is 0 Å². The third-order valence-corrected chi connectivity index (χ3v) is 4.78. The van der Waals surface area contributed by atoms with Gasteiger partial charge in [-0.15, -0.1) is 0 Å². The molecule has 136 valence electrons. The highest BCUT2D eigenvalue weighted by Gasteiger charge is 2.19. The van der Waals surface area contributed by atoms with Crippen LogP contribution in [0.3, 0.4) is 0 Å². The lowest BCUT2D eigenvalue weighted by atomic mass is 10.1. The number of carbonyl (C=O) groups excluding carboxylic acids is 2. The Kier molecular flexibility index (Phi) is 5.66. The number of nitrogens with one attached hydrogen (secondary N) is 1. The summed E-state index contributed by atoms with van der Waals surface area (Å²) in [7, 11) is 0. The predicted molar refractivity (Wildman–Crippen MR) is 102 cm³/mol. The molecule has 0 atom stereocenters. The number of amides is 2. The monoisotopic (exact) mass is 351 g/mol. The molecule has 0 bridgehead atoms. The second-order valence-corrected chi connectivity index (χ2v) is 6.94. The van der Waals surface area contributed by atoms with Crippen LogP contribution < -0.4 is 5.32 Å². The van der Waals surface area contributed by atoms with Crippen LogP contribution in [0.25, 0.3) is 0 Å². The van der Waals surface area contributed by atoms with Crippen molar-refractivity contribution in [1.29, 1.82) is 0 Å². The molecule has 2 aromatic rings. The van der Waals surface area contributed by atoms with E-state index in [0.717, 1.165) is 42.7 Å². The summed E-state index contributed by atoms with van der Waals surface area (Å²) < 4.78 is 0. The van der Waals surface area contributed by atoms with Gasteiger partial charge in [0.1, 0.15) is 0 Å². The number of benzene rings is 1. The Labute approximate surface area is 154 Å². The van der Waals surface area contributed by atoms with Crippen LogP contribution in [0.4, 0.5) is 5.69 Å². The summed E-state index contributed by atoms with van der Waals surface area (Å²) in [6.45, 7) is 5.49. The van der Waals surface area contributed by atoms with Crippen molar-refractivity contribution < 1.29 is 9.59 Å². The summed E-state index contributed by atoms with van der Waals surface area (Å²) in [6, 6.07) is 7.56. The minimum atomic E-state index is -0.253. The van der Waals surface area contributed by atoms with Crippen molar-refractivity contribution in [3.8, 4) is 0 Å². The molecule has 1 aromatic carbocycles. The standard InChI is InChI=1S/C21H25N3O2/c1-15-7-8-16(2)19(11-15)23-20(25)17-12-18(14-22-13-17)21(26)24-9-5-3-4-6-10-24/h7-8,11-14H,3-6,9-10H2,1-2H3,(H,23,25). The second-order valence-electron chi connectivity index (χ2n) is 6.94. The highest BCUT2D eigenvalue weighted by atomic mass is 16.2. The Hall–Kier alpha value is -2.69. The highest BCUT2D eigenvalue weighted by molar-refractivity contribution is 6.06. The third kappa shape index (κ3) is 4.28. The first-order valence-corrected chi connectivity index (χ1v) is 9.17. The third-order valence-electron chi connectivity index (χ3n) is 4.78. The number of carbonyl (C=O) groups is 2. The van der Waals surface area contributed by atoms with Gasteiger partial charge in [0.25, 0.3) is 11.8 Å². The Bertz CT molecular complexity index is 809. The normalized spacial score (nSPS) is 14.6. The number of aromatic nitrogens is 1. The van der Waals surface area contributed by atoms with Gasteiger partial charge < -0.3 is 10.2 Å². The summed E-state index contributed by atoms with van der Waals surface area (Å²) in [4.78, 5) is 31.3. The van der Waals surface area contributed by atoms with Crippen LogP contribution >= 0.6 is 0 Å². The van der Waals surface area contributed by atoms with Gasteiger partial charge in [0.15, 0.2) is 0 Å². The molecular formula is C21H25N3O2. The largest absolute Gasteiger partial charge is 0.339 e. The molecule has 2 heterocycles. The minimum Gasteiger partial charge on any atom is -0.339 e. The Morgan fingerprint density at radius 2 is 1.65 bits per heavy atom. The van der Waals surface area contributed by atoms with Crippen LogP contribution in [0, 0.1) is 13.8 Å². The zero-order chi connectivity index (χ0) is 18.5. The van der Waals surface area contributed by atoms with Crippen molar-refractivity contribution >= 4 is 17.5 Å². The number of rotatable bonds is 3. The summed E-state index contributed by atoms with van der Waals surface area (Å²) in [5.41, 5.74) is 3.72. The maximum Gasteiger partial charge on any atom is 0.257 e. The average Bonchev–Trinajstić information content (AvgIpc) is 2.93. The van der Waals surface area contributed by atoms with Crippen molar-refractivity contribution in [2.45, 2.75) is 39.5 Å². The van der Waals surface area contributed by atoms with Crippen LogP contribution in [0.1, 0.15) is 57.5 Å². The number of hydrogen-bond donors (Lipinski definition) is 1. The Morgan fingerprint density at radius 3 is 2.38 bits per heavy atom. The first-order chi connectivity index (χ1) is 12.5. The minimum absolute atomic E-state index is 0.0409. The van der Waals surface area contributed by atoms with Crippen molar-refractivity contribution in [2.75, 3.05) is 18.4 Å². The predicted octanol–water partition coefficient (Wildman–Crippen LogP) is 3.97. The molecule has 0 aliphatic carbocycles. The molecule has 0 saturated carbocycles. The molecule has 5 heteroatoms. The molecule has 0 radical (unpaired) electrons. The Balaban J connectivity index is 1.76. The topological polar surface area (TPSA) is 62.3 Å². The second kappa shape index (κ2) is 8.13. The molecule has 1 fully saturated rings. The summed E-state index contributed by atoms with van der Waals surface area (Å²) in [6.07, 6.45) is 7.44. The smallest absolute Gasteiger partial charge is 0.257 e. The lowest BCUT2D eigenvalue weighted by Gasteiger charge is -2.20. The number of likely N-dealkylation sites (tertiary alicyclic amines) is 1. The molecule has 5 nitrogen and oxygen atoms in total. The molecule has 2 amide bonds. The zero-order valence-electron chi connectivity index (χ0n) is 15.4. The molecular weight excluding hydrogens is 326 g/mol. The van der Waals surface area contributed by atoms with E-state index in [9.17, 15) is 9.59 Å². The number of nitrogens with zero attached hydrogens (tertiary/aromatic N) is 2. The molecule has 1 aromatic heterocycles. The average molecular weight is 351 g/mol. The van der Waals surface area contributed by atoms with E-state index in [2.05, 4.69) is 10.3 Å². The van der Waals surface area contributed by atoms with Crippen molar-refractivity contribution in [1.82, 2.24) is 9.88 Å². The van der Waals surface area contributed by atoms with E-state index < -0.39 is 0 Å². The lowest BCUT2D eigenvalue weighted by molar-refractivity contribution is 0.0761. The first kappa shape index (κ1) is 18.1. The van der Waals surface area contributed by atoms with E-state index in [0.29, 0.717) is 11.1 Å². The van der Waals surface area contributed by atoms with Crippen molar-refractivity contribution in [2.24, 2.45) is 0 Å². The number of hydrogen-bond acceptors (Lipinski definition) is 3. The van der Waals surface area contributed by atoms with E-state index in [1.807, 2.05) is 36.9 Å². The lowest BCUT2D eigenvalue weighted by Crippen LogP contribution is -2.32. The number of anilines is 1. The summed E-state index contributed by atoms with van der Waals surface area (Å²) in [5, 5.41) is 2.92. The van der Waals surface area contributed by atoms with Gasteiger partial charge in [0.2, 0.25) is 0 Å². The van der Waals surface area contributed by atoms with Gasteiger partial charge in [-0.1, -0.05) is 25.0 Å². The molecule has 1 aliphatic rings. The van der Waals surface area contributed by atoms with Crippen molar-refractivity contribution in [3.05, 3.63) is 58.9 Å². The van der Waals surface area contributed by atoms with E-state index in [1.165, 1.54) is 19.0 Å². The van der Waals surface area contributed by atoms with Crippen LogP contribution in [-0.4, -0.2) is 34.8 Å². The summed E-state index contributed by atoms with van der Waals surface area (Å²) >= 11 is 0. The van der Waals surface area contributed by atoms with Gasteiger partial charge in [-0.3, -0.25) is 14.6 Å². The van der Waals surface area contributed by atoms with Gasteiger partial charge in [-0.2, -0.15) is 0 Å². The molecule has 0 unspecified atom stereocenters. The molecule has 1 aliphatic heterocycles. The van der Waals surface area contributed by atoms with E-state index in [4.69, 9.17) is 0 Å². The van der Waals surface area contributed by atoms with E-state index in [-0.39, 0.29) is 11.8 Å². The maximum absolute atomic E-state index is 12.7. The van der Waals surface area contributed by atoms with Gasteiger partial charge in [-0.25, -0.2) is 0 Å². The Morgan fingerprint density at radius 1 is 0.962 bits per heavy atom. The molecule has 1 saturated heterocycles. The summed E-state index contributed by atoms with van der Waals surface area (Å²) in [5.74, 6) is -0.294. The molecule has 26 heavy (non-hydrogen) atoms. The van der Waals surface area contributed by atoms with Crippen LogP contribution in [0.5, 0.6) is 0 Å². The quantitative estimate of drug-likeness (QED) is 0.910. The van der Waals surface area contributed by atoms with Crippen LogP contribution in [0.15, 0.2) is 36.7 Å². The number of aryl methyl sites for hydroxylation is 2. The molecule has 0 spiro atoms. The SMILES string of the molecule is Cc1ccc(C)c(NC(=O)c2cncc(C(=O)N3CCCCCC3)c2)c1. The fraction of sp³-hybridized carbons (Fsp3) is 0.381. The van der Waals surface area contributed by atoms with Crippen molar-refractivity contribution in [3.63, 3.8) is 0 Å². The van der Waals surface area contributed by atoms with Gasteiger partial charge in [0, 0.05) is 31.2 Å². The van der Waals surface area contributed by atoms with Crippen LogP contribution in [0.2, 0.25) is 0 Å². The molecule has 3 rings (SSSR count). The first-order valence-electron chi connectivity index (χ1n) is 9.17. The van der Waals surface area contributed by atoms with E-state index in [1.54, 1.807) is 12.3 Å². The van der Waals surface area contributed by atoms with Crippen LogP contribution in [-0.2, 0) is 0 Å².